The van der Waals surface area contributed by atoms with Gasteiger partial charge >= 0.3 is 0 Å². The van der Waals surface area contributed by atoms with Crippen LogP contribution in [0.4, 0.5) is 11.4 Å². The summed E-state index contributed by atoms with van der Waals surface area (Å²) in [4.78, 5) is 10.5. The molecular weight excluding hydrogens is 244 g/mol. The smallest absolute Gasteiger partial charge is 0.275 e. The molecule has 5 nitrogen and oxygen atoms in total. The van der Waals surface area contributed by atoms with E-state index in [2.05, 4.69) is 5.32 Å². The highest BCUT2D eigenvalue weighted by atomic mass is 16.6. The van der Waals surface area contributed by atoms with E-state index in [0.29, 0.717) is 5.75 Å². The summed E-state index contributed by atoms with van der Waals surface area (Å²) in [5.41, 5.74) is 0.812. The zero-order valence-corrected chi connectivity index (χ0v) is 11.2. The van der Waals surface area contributed by atoms with E-state index in [1.165, 1.54) is 31.4 Å². The van der Waals surface area contributed by atoms with Gasteiger partial charge < -0.3 is 10.1 Å². The van der Waals surface area contributed by atoms with E-state index in [-0.39, 0.29) is 16.7 Å². The Bertz CT molecular complexity index is 442. The van der Waals surface area contributed by atoms with Crippen LogP contribution in [0.3, 0.4) is 0 Å². The van der Waals surface area contributed by atoms with E-state index in [1.807, 2.05) is 13.0 Å². The zero-order valence-electron chi connectivity index (χ0n) is 11.2. The topological polar surface area (TPSA) is 64.4 Å². The largest absolute Gasteiger partial charge is 0.490 e. The highest BCUT2D eigenvalue weighted by molar-refractivity contribution is 5.56. The van der Waals surface area contributed by atoms with Crippen LogP contribution in [0.1, 0.15) is 39.0 Å². The van der Waals surface area contributed by atoms with Crippen molar-refractivity contribution < 1.29 is 9.66 Å². The minimum Gasteiger partial charge on any atom is -0.490 e. The average Bonchev–Trinajstić information content (AvgIpc) is 2.40. The first-order valence-electron chi connectivity index (χ1n) is 6.89. The third-order valence-corrected chi connectivity index (χ3v) is 3.34. The lowest BCUT2D eigenvalue weighted by Gasteiger charge is -2.23. The number of hydrogen-bond acceptors (Lipinski definition) is 4. The van der Waals surface area contributed by atoms with Gasteiger partial charge in [-0.05, 0) is 32.6 Å². The lowest BCUT2D eigenvalue weighted by atomic mass is 9.98. The van der Waals surface area contributed by atoms with Gasteiger partial charge in [-0.2, -0.15) is 0 Å². The molecule has 0 bridgehead atoms. The predicted octanol–water partition coefficient (Wildman–Crippen LogP) is 3.74. The van der Waals surface area contributed by atoms with Crippen molar-refractivity contribution in [1.29, 1.82) is 0 Å². The fourth-order valence-electron chi connectivity index (χ4n) is 2.44. The summed E-state index contributed by atoms with van der Waals surface area (Å²) < 4.78 is 5.89. The fourth-order valence-corrected chi connectivity index (χ4v) is 2.44. The molecule has 19 heavy (non-hydrogen) atoms. The molecule has 0 atom stereocenters. The normalized spacial score (nSPS) is 16.1. The third kappa shape index (κ3) is 3.84. The minimum absolute atomic E-state index is 0.0734. The summed E-state index contributed by atoms with van der Waals surface area (Å²) in [5, 5.41) is 14.0. The zero-order chi connectivity index (χ0) is 13.7. The molecule has 0 radical (unpaired) electrons. The van der Waals surface area contributed by atoms with E-state index < -0.39 is 0 Å². The first-order chi connectivity index (χ1) is 9.19. The Morgan fingerprint density at radius 2 is 2.05 bits per heavy atom. The van der Waals surface area contributed by atoms with Crippen molar-refractivity contribution in [2.24, 2.45) is 0 Å². The van der Waals surface area contributed by atoms with Crippen LogP contribution in [0.2, 0.25) is 0 Å². The van der Waals surface area contributed by atoms with Gasteiger partial charge in [0, 0.05) is 24.4 Å². The monoisotopic (exact) mass is 264 g/mol. The van der Waals surface area contributed by atoms with Crippen LogP contribution < -0.4 is 10.1 Å². The number of nitrogens with one attached hydrogen (secondary N) is 1. The molecule has 1 aliphatic rings. The van der Waals surface area contributed by atoms with Gasteiger partial charge in [0.05, 0.1) is 17.1 Å². The maximum absolute atomic E-state index is 10.9. The molecule has 0 aliphatic heterocycles. The Hall–Kier alpha value is -1.78. The van der Waals surface area contributed by atoms with E-state index in [4.69, 9.17) is 4.74 Å². The van der Waals surface area contributed by atoms with Crippen LogP contribution in [0.5, 0.6) is 5.75 Å². The predicted molar refractivity (Wildman–Crippen MR) is 74.8 cm³/mol. The molecule has 1 aromatic rings. The van der Waals surface area contributed by atoms with E-state index in [0.717, 1.165) is 25.1 Å². The Morgan fingerprint density at radius 3 is 2.68 bits per heavy atom. The van der Waals surface area contributed by atoms with E-state index >= 15 is 0 Å². The standard InChI is InChI=1S/C14H20N2O3/c1-2-15-11-8-12(16(17)18)10-14(9-11)19-13-6-4-3-5-7-13/h8-10,13,15H,2-7H2,1H3. The lowest BCUT2D eigenvalue weighted by Crippen LogP contribution is -2.19. The van der Waals surface area contributed by atoms with E-state index in [9.17, 15) is 10.1 Å². The van der Waals surface area contributed by atoms with Crippen molar-refractivity contribution in [2.45, 2.75) is 45.1 Å². The van der Waals surface area contributed by atoms with E-state index in [1.54, 1.807) is 0 Å². The molecule has 1 aromatic carbocycles. The molecule has 1 fully saturated rings. The van der Waals surface area contributed by atoms with Crippen molar-refractivity contribution in [3.63, 3.8) is 0 Å². The molecule has 0 aromatic heterocycles. The summed E-state index contributed by atoms with van der Waals surface area (Å²) in [7, 11) is 0. The second-order valence-electron chi connectivity index (χ2n) is 4.88. The second kappa shape index (κ2) is 6.41. The molecule has 0 unspecified atom stereocenters. The number of non-ortho nitro benzene ring substituents is 1. The van der Waals surface area contributed by atoms with Crippen LogP contribution in [0.15, 0.2) is 18.2 Å². The number of nitro benzene ring substituents is 1. The van der Waals surface area contributed by atoms with Gasteiger partial charge in [-0.15, -0.1) is 0 Å². The fraction of sp³-hybridized carbons (Fsp3) is 0.571. The van der Waals surface area contributed by atoms with Crippen molar-refractivity contribution in [3.8, 4) is 5.75 Å². The van der Waals surface area contributed by atoms with Crippen molar-refractivity contribution in [1.82, 2.24) is 0 Å². The highest BCUT2D eigenvalue weighted by Gasteiger charge is 2.17. The lowest BCUT2D eigenvalue weighted by molar-refractivity contribution is -0.384. The molecule has 0 amide bonds. The molecular formula is C14H20N2O3. The number of nitrogens with zero attached hydrogens (tertiary/aromatic N) is 1. The molecule has 104 valence electrons. The molecule has 1 saturated carbocycles. The SMILES string of the molecule is CCNc1cc(OC2CCCCC2)cc([N+](=O)[O-])c1. The van der Waals surface area contributed by atoms with Crippen molar-refractivity contribution >= 4 is 11.4 Å². The molecule has 0 spiro atoms. The molecule has 1 aliphatic carbocycles. The Labute approximate surface area is 113 Å². The van der Waals surface area contributed by atoms with Crippen LogP contribution in [-0.2, 0) is 0 Å². The van der Waals surface area contributed by atoms with Crippen LogP contribution in [0.25, 0.3) is 0 Å². The van der Waals surface area contributed by atoms with Gasteiger partial charge in [-0.25, -0.2) is 0 Å². The molecule has 0 heterocycles. The maximum Gasteiger partial charge on any atom is 0.275 e. The number of anilines is 1. The quantitative estimate of drug-likeness (QED) is 0.650. The molecule has 1 N–H and O–H groups in total. The average molecular weight is 264 g/mol. The second-order valence-corrected chi connectivity index (χ2v) is 4.88. The number of nitro groups is 1. The summed E-state index contributed by atoms with van der Waals surface area (Å²) in [6, 6.07) is 4.89. The first kappa shape index (κ1) is 13.6. The number of ether oxygens (including phenoxy) is 1. The minimum atomic E-state index is -0.380. The highest BCUT2D eigenvalue weighted by Crippen LogP contribution is 2.29. The van der Waals surface area contributed by atoms with Gasteiger partial charge in [-0.1, -0.05) is 6.42 Å². The maximum atomic E-state index is 10.9. The number of rotatable bonds is 5. The summed E-state index contributed by atoms with van der Waals surface area (Å²) in [6.07, 6.45) is 5.90. The Morgan fingerprint density at radius 1 is 1.32 bits per heavy atom. The molecule has 2 rings (SSSR count). The van der Waals surface area contributed by atoms with Crippen LogP contribution >= 0.6 is 0 Å². The van der Waals surface area contributed by atoms with Gasteiger partial charge in [-0.3, -0.25) is 10.1 Å². The van der Waals surface area contributed by atoms with Crippen molar-refractivity contribution in [2.75, 3.05) is 11.9 Å². The summed E-state index contributed by atoms with van der Waals surface area (Å²) in [6.45, 7) is 2.69. The van der Waals surface area contributed by atoms with Crippen molar-refractivity contribution in [3.05, 3.63) is 28.3 Å². The summed E-state index contributed by atoms with van der Waals surface area (Å²) >= 11 is 0. The first-order valence-corrected chi connectivity index (χ1v) is 6.89. The van der Waals surface area contributed by atoms with Crippen LogP contribution in [-0.4, -0.2) is 17.6 Å². The Balaban J connectivity index is 2.15. The number of hydrogen-bond donors (Lipinski definition) is 1. The number of benzene rings is 1. The third-order valence-electron chi connectivity index (χ3n) is 3.34. The van der Waals surface area contributed by atoms with Gasteiger partial charge in [0.2, 0.25) is 0 Å². The van der Waals surface area contributed by atoms with Crippen LogP contribution in [0, 0.1) is 10.1 Å². The molecule has 5 heteroatoms. The van der Waals surface area contributed by atoms with Gasteiger partial charge in [0.25, 0.3) is 5.69 Å². The van der Waals surface area contributed by atoms with Gasteiger partial charge in [0.1, 0.15) is 5.75 Å². The Kier molecular flexibility index (Phi) is 4.60. The van der Waals surface area contributed by atoms with Gasteiger partial charge in [0.15, 0.2) is 0 Å². The summed E-state index contributed by atoms with van der Waals surface area (Å²) in [5.74, 6) is 0.594. The molecule has 0 saturated heterocycles.